The van der Waals surface area contributed by atoms with E-state index in [0.29, 0.717) is 18.3 Å². The zero-order valence-corrected chi connectivity index (χ0v) is 12.0. The molecule has 3 N–H and O–H groups in total. The van der Waals surface area contributed by atoms with E-state index in [4.69, 9.17) is 4.74 Å². The summed E-state index contributed by atoms with van der Waals surface area (Å²) in [6, 6.07) is 5.96. The predicted molar refractivity (Wildman–Crippen MR) is 78.0 cm³/mol. The molecule has 5 nitrogen and oxygen atoms in total. The van der Waals surface area contributed by atoms with Crippen molar-refractivity contribution in [1.82, 2.24) is 10.2 Å². The van der Waals surface area contributed by atoms with Crippen LogP contribution < -0.4 is 10.1 Å². The Morgan fingerprint density at radius 1 is 1.45 bits per heavy atom. The maximum Gasteiger partial charge on any atom is 0.160 e. The Morgan fingerprint density at radius 3 is 2.90 bits per heavy atom. The van der Waals surface area contributed by atoms with Crippen LogP contribution in [0.15, 0.2) is 18.2 Å². The van der Waals surface area contributed by atoms with Crippen LogP contribution in [-0.4, -0.2) is 54.5 Å². The molecule has 2 rings (SSSR count). The summed E-state index contributed by atoms with van der Waals surface area (Å²) in [6.07, 6.45) is 2.41. The van der Waals surface area contributed by atoms with Gasteiger partial charge >= 0.3 is 0 Å². The van der Waals surface area contributed by atoms with E-state index in [2.05, 4.69) is 10.2 Å². The first-order valence-electron chi connectivity index (χ1n) is 7.15. The summed E-state index contributed by atoms with van der Waals surface area (Å²) in [4.78, 5) is 2.21. The molecule has 1 heterocycles. The van der Waals surface area contributed by atoms with Gasteiger partial charge < -0.3 is 20.3 Å². The average Bonchev–Trinajstić information content (AvgIpc) is 2.92. The topological polar surface area (TPSA) is 65.0 Å². The zero-order chi connectivity index (χ0) is 14.4. The van der Waals surface area contributed by atoms with Gasteiger partial charge in [0.05, 0.1) is 13.7 Å². The third-order valence-corrected chi connectivity index (χ3v) is 3.71. The lowest BCUT2D eigenvalue weighted by molar-refractivity contribution is 0.179. The third-order valence-electron chi connectivity index (χ3n) is 3.71. The molecule has 1 aliphatic rings. The summed E-state index contributed by atoms with van der Waals surface area (Å²) >= 11 is 0. The predicted octanol–water partition coefficient (Wildman–Crippen LogP) is 0.947. The minimum atomic E-state index is 0.148. The minimum absolute atomic E-state index is 0.148. The Labute approximate surface area is 120 Å². The minimum Gasteiger partial charge on any atom is -0.504 e. The number of benzene rings is 1. The number of hydrogen-bond donors (Lipinski definition) is 3. The molecular weight excluding hydrogens is 256 g/mol. The molecule has 0 saturated carbocycles. The van der Waals surface area contributed by atoms with Gasteiger partial charge in [-0.15, -0.1) is 0 Å². The molecule has 0 aromatic heterocycles. The van der Waals surface area contributed by atoms with Crippen LogP contribution in [0.25, 0.3) is 0 Å². The molecule has 0 amide bonds. The van der Waals surface area contributed by atoms with E-state index in [-0.39, 0.29) is 12.4 Å². The van der Waals surface area contributed by atoms with Crippen LogP contribution in [-0.2, 0) is 6.54 Å². The quantitative estimate of drug-likeness (QED) is 0.694. The highest BCUT2D eigenvalue weighted by Crippen LogP contribution is 2.26. The number of aromatic hydroxyl groups is 1. The van der Waals surface area contributed by atoms with E-state index in [1.165, 1.54) is 12.8 Å². The van der Waals surface area contributed by atoms with Crippen LogP contribution in [0, 0.1) is 0 Å². The maximum absolute atomic E-state index is 9.81. The second kappa shape index (κ2) is 7.47. The number of nitrogens with one attached hydrogen (secondary N) is 1. The van der Waals surface area contributed by atoms with Crippen molar-refractivity contribution in [1.29, 1.82) is 0 Å². The van der Waals surface area contributed by atoms with Gasteiger partial charge in [-0.05, 0) is 37.1 Å². The van der Waals surface area contributed by atoms with Crippen LogP contribution in [0.1, 0.15) is 18.4 Å². The van der Waals surface area contributed by atoms with Gasteiger partial charge in [0.1, 0.15) is 0 Å². The van der Waals surface area contributed by atoms with Gasteiger partial charge in [0, 0.05) is 25.7 Å². The van der Waals surface area contributed by atoms with Crippen molar-refractivity contribution in [2.75, 3.05) is 33.4 Å². The normalized spacial score (nSPS) is 18.6. The number of phenols is 1. The molecule has 1 aromatic carbocycles. The largest absolute Gasteiger partial charge is 0.504 e. The summed E-state index contributed by atoms with van der Waals surface area (Å²) < 4.78 is 5.05. The first-order chi connectivity index (χ1) is 9.72. The molecule has 0 spiro atoms. The molecule has 20 heavy (non-hydrogen) atoms. The molecular formula is C15H24N2O3. The molecule has 1 aliphatic heterocycles. The summed E-state index contributed by atoms with van der Waals surface area (Å²) in [7, 11) is 1.54. The van der Waals surface area contributed by atoms with Crippen molar-refractivity contribution in [3.05, 3.63) is 23.8 Å². The van der Waals surface area contributed by atoms with E-state index < -0.39 is 0 Å². The van der Waals surface area contributed by atoms with Gasteiger partial charge in [0.2, 0.25) is 0 Å². The molecule has 0 bridgehead atoms. The monoisotopic (exact) mass is 280 g/mol. The summed E-state index contributed by atoms with van der Waals surface area (Å²) in [5.74, 6) is 0.646. The number of rotatable bonds is 7. The Morgan fingerprint density at radius 2 is 2.30 bits per heavy atom. The number of ether oxygens (including phenoxy) is 1. The zero-order valence-electron chi connectivity index (χ0n) is 12.0. The fourth-order valence-electron chi connectivity index (χ4n) is 2.69. The Kier molecular flexibility index (Phi) is 5.64. The van der Waals surface area contributed by atoms with Crippen molar-refractivity contribution in [3.63, 3.8) is 0 Å². The van der Waals surface area contributed by atoms with Crippen LogP contribution in [0.3, 0.4) is 0 Å². The molecule has 1 saturated heterocycles. The molecule has 1 fully saturated rings. The highest BCUT2D eigenvalue weighted by atomic mass is 16.5. The van der Waals surface area contributed by atoms with Crippen LogP contribution in [0.4, 0.5) is 0 Å². The lowest BCUT2D eigenvalue weighted by atomic mass is 10.1. The fourth-order valence-corrected chi connectivity index (χ4v) is 2.69. The Balaban J connectivity index is 1.97. The number of hydrogen-bond acceptors (Lipinski definition) is 5. The van der Waals surface area contributed by atoms with E-state index in [0.717, 1.165) is 25.2 Å². The maximum atomic E-state index is 9.81. The summed E-state index contributed by atoms with van der Waals surface area (Å²) in [5.41, 5.74) is 1.02. The van der Waals surface area contributed by atoms with E-state index in [1.807, 2.05) is 6.07 Å². The smallest absolute Gasteiger partial charge is 0.160 e. The SMILES string of the molecule is COc1ccc(CN(CCO)CC2CCCN2)cc1O. The van der Waals surface area contributed by atoms with Gasteiger partial charge in [-0.25, -0.2) is 0 Å². The number of nitrogens with zero attached hydrogens (tertiary/aromatic N) is 1. The molecule has 5 heteroatoms. The summed E-state index contributed by atoms with van der Waals surface area (Å²) in [5, 5.41) is 22.5. The first kappa shape index (κ1) is 15.1. The molecule has 112 valence electrons. The van der Waals surface area contributed by atoms with Gasteiger partial charge in [-0.1, -0.05) is 6.07 Å². The highest BCUT2D eigenvalue weighted by Gasteiger charge is 2.18. The van der Waals surface area contributed by atoms with Crippen LogP contribution in [0.5, 0.6) is 11.5 Å². The standard InChI is InChI=1S/C15H24N2O3/c1-20-15-5-4-12(9-14(15)19)10-17(7-8-18)11-13-3-2-6-16-13/h4-5,9,13,16,18-19H,2-3,6-8,10-11H2,1H3. The van der Waals surface area contributed by atoms with Gasteiger partial charge in [0.15, 0.2) is 11.5 Å². The van der Waals surface area contributed by atoms with Crippen LogP contribution >= 0.6 is 0 Å². The molecule has 0 aliphatic carbocycles. The van der Waals surface area contributed by atoms with E-state index in [1.54, 1.807) is 19.2 Å². The molecule has 1 atom stereocenters. The second-order valence-electron chi connectivity index (χ2n) is 5.26. The highest BCUT2D eigenvalue weighted by molar-refractivity contribution is 5.41. The van der Waals surface area contributed by atoms with Gasteiger partial charge in [-0.2, -0.15) is 0 Å². The van der Waals surface area contributed by atoms with Crippen molar-refractivity contribution in [2.45, 2.75) is 25.4 Å². The lowest BCUT2D eigenvalue weighted by Gasteiger charge is -2.25. The van der Waals surface area contributed by atoms with Gasteiger partial charge in [0.25, 0.3) is 0 Å². The second-order valence-corrected chi connectivity index (χ2v) is 5.26. The third kappa shape index (κ3) is 4.10. The van der Waals surface area contributed by atoms with Gasteiger partial charge in [-0.3, -0.25) is 4.90 Å². The Hall–Kier alpha value is -1.30. The van der Waals surface area contributed by atoms with Crippen molar-refractivity contribution < 1.29 is 14.9 Å². The molecule has 1 unspecified atom stereocenters. The summed E-state index contributed by atoms with van der Waals surface area (Å²) in [6.45, 7) is 3.52. The Bertz CT molecular complexity index is 420. The number of aliphatic hydroxyl groups excluding tert-OH is 1. The average molecular weight is 280 g/mol. The van der Waals surface area contributed by atoms with Crippen molar-refractivity contribution >= 4 is 0 Å². The van der Waals surface area contributed by atoms with E-state index in [9.17, 15) is 10.2 Å². The lowest BCUT2D eigenvalue weighted by Crippen LogP contribution is -2.38. The first-order valence-corrected chi connectivity index (χ1v) is 7.15. The fraction of sp³-hybridized carbons (Fsp3) is 0.600. The van der Waals surface area contributed by atoms with Crippen molar-refractivity contribution in [2.24, 2.45) is 0 Å². The molecule has 0 radical (unpaired) electrons. The molecule has 1 aromatic rings. The van der Waals surface area contributed by atoms with Crippen molar-refractivity contribution in [3.8, 4) is 11.5 Å². The van der Waals surface area contributed by atoms with E-state index >= 15 is 0 Å². The van der Waals surface area contributed by atoms with Crippen LogP contribution in [0.2, 0.25) is 0 Å². The number of phenolic OH excluding ortho intramolecular Hbond substituents is 1. The number of aliphatic hydroxyl groups is 1. The number of methoxy groups -OCH3 is 1.